The van der Waals surface area contributed by atoms with Crippen LogP contribution in [0.25, 0.3) is 10.9 Å². The van der Waals surface area contributed by atoms with Crippen LogP contribution in [0.15, 0.2) is 18.2 Å². The van der Waals surface area contributed by atoms with Crippen molar-refractivity contribution in [3.63, 3.8) is 0 Å². The SMILES string of the molecule is Cn1nc(C(C)(C)NC(=O)C2C3CN(C(=O)OC(C)(C)C)CC32)c2cc(F)ccc21. The summed E-state index contributed by atoms with van der Waals surface area (Å²) in [6, 6.07) is 4.55. The molecule has 1 aliphatic carbocycles. The van der Waals surface area contributed by atoms with E-state index >= 15 is 0 Å². The monoisotopic (exact) mass is 416 g/mol. The molecular weight excluding hydrogens is 387 g/mol. The number of amides is 2. The van der Waals surface area contributed by atoms with Crippen molar-refractivity contribution in [3.05, 3.63) is 29.7 Å². The third-order valence-electron chi connectivity index (χ3n) is 5.99. The molecular formula is C22H29FN4O3. The lowest BCUT2D eigenvalue weighted by Crippen LogP contribution is -2.44. The largest absolute Gasteiger partial charge is 0.444 e. The molecule has 0 radical (unpaired) electrons. The molecule has 162 valence electrons. The smallest absolute Gasteiger partial charge is 0.410 e. The average molecular weight is 416 g/mol. The van der Waals surface area contributed by atoms with Crippen molar-refractivity contribution in [2.75, 3.05) is 13.1 Å². The standard InChI is InChI=1S/C22H29FN4O3/c1-21(2,3)30-20(29)27-10-14-15(11-27)17(14)19(28)24-22(4,5)18-13-9-12(23)7-8-16(13)26(6)25-18/h7-9,14-15,17H,10-11H2,1-6H3,(H,24,28). The highest BCUT2D eigenvalue weighted by Gasteiger charge is 2.61. The summed E-state index contributed by atoms with van der Waals surface area (Å²) in [6.07, 6.45) is -0.323. The van der Waals surface area contributed by atoms with Gasteiger partial charge in [-0.1, -0.05) is 0 Å². The molecule has 2 aromatic rings. The Balaban J connectivity index is 1.43. The molecule has 1 aromatic heterocycles. The lowest BCUT2D eigenvalue weighted by Gasteiger charge is -2.27. The van der Waals surface area contributed by atoms with Gasteiger partial charge in [-0.25, -0.2) is 9.18 Å². The molecule has 4 rings (SSSR count). The van der Waals surface area contributed by atoms with Crippen molar-refractivity contribution < 1.29 is 18.7 Å². The number of aryl methyl sites for hydroxylation is 1. The van der Waals surface area contributed by atoms with Gasteiger partial charge in [0.2, 0.25) is 5.91 Å². The maximum atomic E-state index is 13.8. The fraction of sp³-hybridized carbons (Fsp3) is 0.591. The van der Waals surface area contributed by atoms with E-state index in [1.165, 1.54) is 12.1 Å². The fourth-order valence-corrected chi connectivity index (χ4v) is 4.54. The third-order valence-corrected chi connectivity index (χ3v) is 5.99. The van der Waals surface area contributed by atoms with Gasteiger partial charge in [0.1, 0.15) is 11.4 Å². The summed E-state index contributed by atoms with van der Waals surface area (Å²) in [4.78, 5) is 26.9. The van der Waals surface area contributed by atoms with Crippen LogP contribution in [0.1, 0.15) is 40.3 Å². The van der Waals surface area contributed by atoms with Crippen molar-refractivity contribution >= 4 is 22.9 Å². The lowest BCUT2D eigenvalue weighted by atomic mass is 9.96. The molecule has 1 N–H and O–H groups in total. The van der Waals surface area contributed by atoms with Crippen LogP contribution in [-0.2, 0) is 22.1 Å². The summed E-state index contributed by atoms with van der Waals surface area (Å²) in [5.74, 6) is -0.181. The van der Waals surface area contributed by atoms with Crippen molar-refractivity contribution in [1.82, 2.24) is 20.0 Å². The van der Waals surface area contributed by atoms with Crippen molar-refractivity contribution in [2.24, 2.45) is 24.8 Å². The summed E-state index contributed by atoms with van der Waals surface area (Å²) in [5.41, 5.74) is 0.154. The zero-order chi connectivity index (χ0) is 22.0. The summed E-state index contributed by atoms with van der Waals surface area (Å²) < 4.78 is 20.9. The van der Waals surface area contributed by atoms with E-state index < -0.39 is 11.1 Å². The van der Waals surface area contributed by atoms with Crippen LogP contribution < -0.4 is 5.32 Å². The summed E-state index contributed by atoms with van der Waals surface area (Å²) >= 11 is 0. The highest BCUT2D eigenvalue weighted by atomic mass is 19.1. The van der Waals surface area contributed by atoms with Crippen molar-refractivity contribution in [3.8, 4) is 0 Å². The zero-order valence-electron chi connectivity index (χ0n) is 18.3. The Morgan fingerprint density at radius 3 is 2.40 bits per heavy atom. The Hall–Kier alpha value is -2.64. The van der Waals surface area contributed by atoms with E-state index in [4.69, 9.17) is 4.74 Å². The predicted molar refractivity (Wildman–Crippen MR) is 110 cm³/mol. The van der Waals surface area contributed by atoms with E-state index in [9.17, 15) is 14.0 Å². The van der Waals surface area contributed by atoms with E-state index in [2.05, 4.69) is 10.4 Å². The van der Waals surface area contributed by atoms with Gasteiger partial charge in [-0.15, -0.1) is 0 Å². The van der Waals surface area contributed by atoms with Gasteiger partial charge in [0.15, 0.2) is 0 Å². The minimum Gasteiger partial charge on any atom is -0.444 e. The molecule has 1 saturated heterocycles. The summed E-state index contributed by atoms with van der Waals surface area (Å²) in [7, 11) is 1.80. The van der Waals surface area contributed by atoms with E-state index in [1.54, 1.807) is 22.7 Å². The number of ether oxygens (including phenoxy) is 1. The van der Waals surface area contributed by atoms with Crippen molar-refractivity contribution in [1.29, 1.82) is 0 Å². The Morgan fingerprint density at radius 1 is 1.17 bits per heavy atom. The number of aromatic nitrogens is 2. The van der Waals surface area contributed by atoms with Crippen LogP contribution in [0.3, 0.4) is 0 Å². The Labute approximate surface area is 175 Å². The zero-order valence-corrected chi connectivity index (χ0v) is 18.3. The van der Waals surface area contributed by atoms with E-state index in [0.717, 1.165) is 5.52 Å². The van der Waals surface area contributed by atoms with E-state index in [-0.39, 0.29) is 35.6 Å². The summed E-state index contributed by atoms with van der Waals surface area (Å²) in [6.45, 7) is 10.4. The third kappa shape index (κ3) is 3.63. The number of hydrogen-bond donors (Lipinski definition) is 1. The van der Waals surface area contributed by atoms with Gasteiger partial charge in [0.25, 0.3) is 0 Å². The molecule has 1 aliphatic heterocycles. The lowest BCUT2D eigenvalue weighted by molar-refractivity contribution is -0.125. The molecule has 0 bridgehead atoms. The van der Waals surface area contributed by atoms with E-state index in [0.29, 0.717) is 24.2 Å². The maximum absolute atomic E-state index is 13.8. The normalized spacial score (nSPS) is 23.4. The first kappa shape index (κ1) is 20.6. The number of piperidine rings is 1. The number of carbonyl (C=O) groups is 2. The molecule has 2 heterocycles. The number of hydrogen-bond acceptors (Lipinski definition) is 4. The topological polar surface area (TPSA) is 76.5 Å². The molecule has 1 saturated carbocycles. The summed E-state index contributed by atoms with van der Waals surface area (Å²) in [5, 5.41) is 8.33. The van der Waals surface area contributed by atoms with Crippen LogP contribution >= 0.6 is 0 Å². The quantitative estimate of drug-likeness (QED) is 0.834. The minimum atomic E-state index is -0.758. The van der Waals surface area contributed by atoms with Crippen LogP contribution in [0.2, 0.25) is 0 Å². The number of likely N-dealkylation sites (tertiary alicyclic amines) is 1. The number of nitrogens with zero attached hydrogens (tertiary/aromatic N) is 3. The second-order valence-corrected chi connectivity index (χ2v) is 9.99. The first-order valence-corrected chi connectivity index (χ1v) is 10.3. The molecule has 7 nitrogen and oxygen atoms in total. The number of nitrogens with one attached hydrogen (secondary N) is 1. The highest BCUT2D eigenvalue weighted by Crippen LogP contribution is 2.52. The van der Waals surface area contributed by atoms with Gasteiger partial charge in [-0.05, 0) is 64.7 Å². The molecule has 2 atom stereocenters. The van der Waals surface area contributed by atoms with Gasteiger partial charge in [0, 0.05) is 31.4 Å². The Bertz CT molecular complexity index is 1010. The first-order chi connectivity index (χ1) is 13.9. The number of fused-ring (bicyclic) bond motifs is 2. The molecule has 30 heavy (non-hydrogen) atoms. The Kier molecular flexibility index (Phi) is 4.60. The van der Waals surface area contributed by atoms with Gasteiger partial charge in [0.05, 0.1) is 16.7 Å². The number of halogens is 1. The fourth-order valence-electron chi connectivity index (χ4n) is 4.54. The molecule has 2 unspecified atom stereocenters. The molecule has 2 aliphatic rings. The predicted octanol–water partition coefficient (Wildman–Crippen LogP) is 3.18. The number of benzene rings is 1. The first-order valence-electron chi connectivity index (χ1n) is 10.3. The Morgan fingerprint density at radius 2 is 1.80 bits per heavy atom. The second kappa shape index (κ2) is 6.68. The highest BCUT2D eigenvalue weighted by molar-refractivity contribution is 5.87. The van der Waals surface area contributed by atoms with Crippen molar-refractivity contribution in [2.45, 2.75) is 45.8 Å². The van der Waals surface area contributed by atoms with Crippen LogP contribution in [-0.4, -0.2) is 45.4 Å². The van der Waals surface area contributed by atoms with Crippen LogP contribution in [0.5, 0.6) is 0 Å². The molecule has 8 heteroatoms. The molecule has 1 aromatic carbocycles. The number of rotatable bonds is 3. The van der Waals surface area contributed by atoms with Gasteiger partial charge in [-0.3, -0.25) is 9.48 Å². The molecule has 0 spiro atoms. The molecule has 2 amide bonds. The van der Waals surface area contributed by atoms with Gasteiger partial charge in [-0.2, -0.15) is 5.10 Å². The maximum Gasteiger partial charge on any atom is 0.410 e. The minimum absolute atomic E-state index is 0.0472. The molecule has 2 fully saturated rings. The van der Waals surface area contributed by atoms with Gasteiger partial charge < -0.3 is 15.0 Å². The van der Waals surface area contributed by atoms with Crippen LogP contribution in [0.4, 0.5) is 9.18 Å². The average Bonchev–Trinajstić information content (AvgIpc) is 2.93. The number of carbonyl (C=O) groups excluding carboxylic acids is 2. The van der Waals surface area contributed by atoms with E-state index in [1.807, 2.05) is 34.6 Å². The second-order valence-electron chi connectivity index (χ2n) is 9.99. The van der Waals surface area contributed by atoms with Gasteiger partial charge >= 0.3 is 6.09 Å². The van der Waals surface area contributed by atoms with Crippen LogP contribution in [0, 0.1) is 23.6 Å².